The molecule has 10 nitrogen and oxygen atoms in total. The normalized spacial score (nSPS) is 20.1. The van der Waals surface area contributed by atoms with Gasteiger partial charge in [-0.05, 0) is 42.5 Å². The number of sulfone groups is 1. The first-order chi connectivity index (χ1) is 14.5. The molecule has 12 heteroatoms. The molecule has 2 atom stereocenters. The van der Waals surface area contributed by atoms with Crippen molar-refractivity contribution in [3.05, 3.63) is 42.5 Å². The predicted octanol–water partition coefficient (Wildman–Crippen LogP) is 1.02. The number of ether oxygens (including phenoxy) is 1. The molecular weight excluding hydrogens is 446 g/mol. The third-order valence-electron chi connectivity index (χ3n) is 4.60. The average Bonchev–Trinajstić information content (AvgIpc) is 2.94. The van der Waals surface area contributed by atoms with Gasteiger partial charge in [0.1, 0.15) is 5.75 Å². The van der Waals surface area contributed by atoms with E-state index in [2.05, 4.69) is 15.4 Å². The number of hydrogen-bond acceptors (Lipinski definition) is 8. The highest BCUT2D eigenvalue weighted by atomic mass is 32.2. The lowest BCUT2D eigenvalue weighted by atomic mass is 10.2. The van der Waals surface area contributed by atoms with Gasteiger partial charge < -0.3 is 20.5 Å². The zero-order valence-corrected chi connectivity index (χ0v) is 18.5. The quantitative estimate of drug-likeness (QED) is 0.469. The maximum absolute atomic E-state index is 12.7. The van der Waals surface area contributed by atoms with Crippen LogP contribution in [0.25, 0.3) is 0 Å². The Hall–Kier alpha value is -2.83. The molecule has 0 saturated carbocycles. The van der Waals surface area contributed by atoms with E-state index >= 15 is 0 Å². The number of hydrogen-bond donors (Lipinski definition) is 4. The largest absolute Gasteiger partial charge is 0.495 e. The molecule has 1 amide bonds. The molecule has 1 heterocycles. The molecule has 0 unspecified atom stereocenters. The molecule has 0 bridgehead atoms. The second kappa shape index (κ2) is 8.73. The van der Waals surface area contributed by atoms with E-state index in [1.54, 1.807) is 12.1 Å². The van der Waals surface area contributed by atoms with Crippen LogP contribution in [0.4, 0.5) is 17.1 Å². The van der Waals surface area contributed by atoms with Crippen LogP contribution in [-0.2, 0) is 24.7 Å². The number of aliphatic hydroxyl groups is 1. The van der Waals surface area contributed by atoms with Crippen LogP contribution < -0.4 is 20.1 Å². The number of methoxy groups -OCH3 is 1. The third kappa shape index (κ3) is 5.66. The molecule has 1 aliphatic heterocycles. The Morgan fingerprint density at radius 3 is 2.29 bits per heavy atom. The fourth-order valence-electron chi connectivity index (χ4n) is 3.17. The van der Waals surface area contributed by atoms with Crippen LogP contribution in [0.1, 0.15) is 6.92 Å². The molecule has 3 rings (SSSR count). The number of benzene rings is 2. The number of sulfonamides is 1. The van der Waals surface area contributed by atoms with E-state index in [4.69, 9.17) is 4.74 Å². The Bertz CT molecular complexity index is 1180. The first-order valence-electron chi connectivity index (χ1n) is 9.22. The number of anilines is 3. The summed E-state index contributed by atoms with van der Waals surface area (Å²) in [5, 5.41) is 15.3. The highest BCUT2D eigenvalue weighted by molar-refractivity contribution is 7.92. The first-order valence-corrected chi connectivity index (χ1v) is 12.5. The second-order valence-electron chi connectivity index (χ2n) is 7.12. The van der Waals surface area contributed by atoms with E-state index in [0.717, 1.165) is 0 Å². The van der Waals surface area contributed by atoms with Crippen molar-refractivity contribution >= 4 is 42.8 Å². The monoisotopic (exact) mass is 469 g/mol. The van der Waals surface area contributed by atoms with E-state index in [9.17, 15) is 26.7 Å². The van der Waals surface area contributed by atoms with Crippen LogP contribution in [0, 0.1) is 0 Å². The highest BCUT2D eigenvalue weighted by Gasteiger charge is 2.36. The van der Waals surface area contributed by atoms with Gasteiger partial charge in [-0.15, -0.1) is 0 Å². The van der Waals surface area contributed by atoms with Gasteiger partial charge in [0, 0.05) is 18.3 Å². The minimum Gasteiger partial charge on any atom is -0.495 e. The number of amides is 1. The van der Waals surface area contributed by atoms with Crippen LogP contribution in [0.15, 0.2) is 47.4 Å². The van der Waals surface area contributed by atoms with Crippen LogP contribution >= 0.6 is 0 Å². The summed E-state index contributed by atoms with van der Waals surface area (Å²) in [7, 11) is -5.83. The zero-order valence-electron chi connectivity index (χ0n) is 16.8. The van der Waals surface area contributed by atoms with Gasteiger partial charge in [0.2, 0.25) is 5.91 Å². The average molecular weight is 470 g/mol. The van der Waals surface area contributed by atoms with Crippen LogP contribution in [0.5, 0.6) is 5.75 Å². The third-order valence-corrected chi connectivity index (χ3v) is 7.70. The maximum Gasteiger partial charge on any atom is 0.261 e. The first kappa shape index (κ1) is 22.8. The summed E-state index contributed by atoms with van der Waals surface area (Å²) in [6.45, 7) is 1.30. The van der Waals surface area contributed by atoms with Gasteiger partial charge in [0.05, 0.1) is 41.3 Å². The summed E-state index contributed by atoms with van der Waals surface area (Å²) in [6.07, 6.45) is -1.00. The Morgan fingerprint density at radius 1 is 1.10 bits per heavy atom. The molecule has 1 aliphatic rings. The molecule has 0 aliphatic carbocycles. The van der Waals surface area contributed by atoms with Gasteiger partial charge >= 0.3 is 0 Å². The number of aliphatic hydroxyl groups excluding tert-OH is 1. The molecule has 2 aromatic rings. The summed E-state index contributed by atoms with van der Waals surface area (Å²) in [5.41, 5.74) is 1.05. The fraction of sp³-hybridized carbons (Fsp3) is 0.316. The lowest BCUT2D eigenvalue weighted by molar-refractivity contribution is -0.114. The molecule has 0 aromatic heterocycles. The fourth-order valence-corrected chi connectivity index (χ4v) is 6.00. The molecule has 1 saturated heterocycles. The van der Waals surface area contributed by atoms with Crippen molar-refractivity contribution in [1.82, 2.24) is 0 Å². The summed E-state index contributed by atoms with van der Waals surface area (Å²) >= 11 is 0. The van der Waals surface area contributed by atoms with Gasteiger partial charge in [-0.25, -0.2) is 16.8 Å². The van der Waals surface area contributed by atoms with Crippen molar-refractivity contribution in [3.8, 4) is 5.75 Å². The molecule has 0 radical (unpaired) electrons. The number of nitrogens with one attached hydrogen (secondary N) is 3. The van der Waals surface area contributed by atoms with Gasteiger partial charge in [-0.2, -0.15) is 0 Å². The van der Waals surface area contributed by atoms with E-state index in [0.29, 0.717) is 11.4 Å². The SMILES string of the molecule is COc1ccc(S(=O)(=O)Nc2ccc(N[C@H]3CS(=O)(=O)C[C@H]3O)cc2)cc1NC(C)=O. The molecule has 0 spiro atoms. The molecular formula is C19H23N3O7S2. The predicted molar refractivity (Wildman–Crippen MR) is 117 cm³/mol. The van der Waals surface area contributed by atoms with Crippen molar-refractivity contribution in [2.45, 2.75) is 24.0 Å². The van der Waals surface area contributed by atoms with E-state index < -0.39 is 32.0 Å². The van der Waals surface area contributed by atoms with Crippen molar-refractivity contribution in [1.29, 1.82) is 0 Å². The van der Waals surface area contributed by atoms with Gasteiger partial charge in [-0.1, -0.05) is 0 Å². The van der Waals surface area contributed by atoms with Crippen molar-refractivity contribution < 1.29 is 31.5 Å². The Kier molecular flexibility index (Phi) is 6.43. The molecule has 4 N–H and O–H groups in total. The number of rotatable bonds is 7. The van der Waals surface area contributed by atoms with Gasteiger partial charge in [-0.3, -0.25) is 9.52 Å². The Labute approximate surface area is 180 Å². The van der Waals surface area contributed by atoms with Crippen molar-refractivity contribution in [3.63, 3.8) is 0 Å². The second-order valence-corrected chi connectivity index (χ2v) is 11.0. The van der Waals surface area contributed by atoms with Gasteiger partial charge in [0.15, 0.2) is 9.84 Å². The summed E-state index contributed by atoms with van der Waals surface area (Å²) in [6, 6.07) is 9.62. The van der Waals surface area contributed by atoms with Crippen LogP contribution in [0.3, 0.4) is 0 Å². The lowest BCUT2D eigenvalue weighted by Crippen LogP contribution is -2.31. The molecule has 2 aromatic carbocycles. The molecule has 168 valence electrons. The van der Waals surface area contributed by atoms with Crippen LogP contribution in [0.2, 0.25) is 0 Å². The van der Waals surface area contributed by atoms with E-state index in [-0.39, 0.29) is 33.7 Å². The summed E-state index contributed by atoms with van der Waals surface area (Å²) in [4.78, 5) is 11.3. The highest BCUT2D eigenvalue weighted by Crippen LogP contribution is 2.29. The van der Waals surface area contributed by atoms with Crippen LogP contribution in [-0.4, -0.2) is 58.6 Å². The topological polar surface area (TPSA) is 151 Å². The summed E-state index contributed by atoms with van der Waals surface area (Å²) in [5.74, 6) is -0.508. The minimum absolute atomic E-state index is 0.0708. The molecule has 31 heavy (non-hydrogen) atoms. The smallest absolute Gasteiger partial charge is 0.261 e. The standard InChI is InChI=1S/C19H23N3O7S2/c1-12(23)20-16-9-15(7-8-19(16)29-2)31(27,28)22-14-5-3-13(4-6-14)21-17-10-30(25,26)11-18(17)24/h3-9,17-18,21-22,24H,10-11H2,1-2H3,(H,20,23)/t17-,18+/m0/s1. The minimum atomic E-state index is -3.95. The lowest BCUT2D eigenvalue weighted by Gasteiger charge is -2.17. The van der Waals surface area contributed by atoms with E-state index in [1.165, 1.54) is 44.4 Å². The van der Waals surface area contributed by atoms with Crippen molar-refractivity contribution in [2.75, 3.05) is 34.0 Å². The van der Waals surface area contributed by atoms with Gasteiger partial charge in [0.25, 0.3) is 10.0 Å². The molecule has 1 fully saturated rings. The maximum atomic E-state index is 12.7. The number of carbonyl (C=O) groups is 1. The Balaban J connectivity index is 1.74. The number of carbonyl (C=O) groups excluding carboxylic acids is 1. The Morgan fingerprint density at radius 2 is 1.74 bits per heavy atom. The zero-order chi connectivity index (χ0) is 22.8. The van der Waals surface area contributed by atoms with E-state index in [1.807, 2.05) is 0 Å². The summed E-state index contributed by atoms with van der Waals surface area (Å²) < 4.78 is 56.2. The van der Waals surface area contributed by atoms with Crippen molar-refractivity contribution in [2.24, 2.45) is 0 Å².